The summed E-state index contributed by atoms with van der Waals surface area (Å²) in [7, 11) is 3.62. The van der Waals surface area contributed by atoms with E-state index in [0.29, 0.717) is 13.0 Å². The lowest BCUT2D eigenvalue weighted by Crippen LogP contribution is -2.25. The van der Waals surface area contributed by atoms with Crippen molar-refractivity contribution in [2.24, 2.45) is 0 Å². The van der Waals surface area contributed by atoms with Gasteiger partial charge in [0.05, 0.1) is 13.2 Å². The number of likely N-dealkylation sites (N-methyl/N-ethyl adjacent to an activating group) is 1. The summed E-state index contributed by atoms with van der Waals surface area (Å²) in [6.07, 6.45) is 0.555. The van der Waals surface area contributed by atoms with Crippen molar-refractivity contribution < 1.29 is 9.47 Å². The van der Waals surface area contributed by atoms with Crippen LogP contribution in [0.2, 0.25) is 0 Å². The molecule has 0 aliphatic rings. The first-order valence-electron chi connectivity index (χ1n) is 5.58. The van der Waals surface area contributed by atoms with Gasteiger partial charge in [-0.05, 0) is 31.3 Å². The number of ether oxygens (including phenoxy) is 2. The molecule has 0 aliphatic heterocycles. The fourth-order valence-electron chi connectivity index (χ4n) is 1.34. The molecule has 0 aromatic heterocycles. The summed E-state index contributed by atoms with van der Waals surface area (Å²) in [5.74, 6) is 1.66. The van der Waals surface area contributed by atoms with Crippen LogP contribution in [0.3, 0.4) is 0 Å². The Hall–Kier alpha value is -1.73. The minimum atomic E-state index is 0.555. The van der Waals surface area contributed by atoms with E-state index in [4.69, 9.17) is 14.7 Å². The van der Waals surface area contributed by atoms with Crippen LogP contribution in [0.1, 0.15) is 6.42 Å². The van der Waals surface area contributed by atoms with Crippen LogP contribution in [0.15, 0.2) is 24.3 Å². The summed E-state index contributed by atoms with van der Waals surface area (Å²) < 4.78 is 10.6. The first-order chi connectivity index (χ1) is 8.26. The molecule has 0 amide bonds. The van der Waals surface area contributed by atoms with E-state index in [1.54, 1.807) is 7.11 Å². The number of methoxy groups -OCH3 is 1. The Kier molecular flexibility index (Phi) is 5.91. The van der Waals surface area contributed by atoms with Crippen molar-refractivity contribution in [1.29, 1.82) is 5.26 Å². The Balaban J connectivity index is 2.23. The lowest BCUT2D eigenvalue weighted by molar-refractivity contribution is 0.240. The van der Waals surface area contributed by atoms with Crippen LogP contribution in [0.5, 0.6) is 11.5 Å². The van der Waals surface area contributed by atoms with Crippen molar-refractivity contribution in [2.75, 3.05) is 33.9 Å². The average molecular weight is 234 g/mol. The zero-order valence-electron chi connectivity index (χ0n) is 10.3. The highest BCUT2D eigenvalue weighted by molar-refractivity contribution is 5.31. The standard InChI is InChI=1S/C13H18N2O2/c1-15(9-3-8-14)10-11-17-13-6-4-12(16-2)5-7-13/h4-7H,3,9-11H2,1-2H3. The van der Waals surface area contributed by atoms with E-state index in [0.717, 1.165) is 24.6 Å². The zero-order chi connectivity index (χ0) is 12.5. The fourth-order valence-corrected chi connectivity index (χ4v) is 1.34. The first-order valence-corrected chi connectivity index (χ1v) is 5.58. The number of nitriles is 1. The summed E-state index contributed by atoms with van der Waals surface area (Å²) in [5, 5.41) is 8.45. The van der Waals surface area contributed by atoms with Crippen molar-refractivity contribution in [1.82, 2.24) is 4.90 Å². The van der Waals surface area contributed by atoms with Gasteiger partial charge in [0.1, 0.15) is 18.1 Å². The second-order valence-corrected chi connectivity index (χ2v) is 3.74. The Morgan fingerprint density at radius 1 is 1.18 bits per heavy atom. The Morgan fingerprint density at radius 3 is 2.41 bits per heavy atom. The number of hydrogen-bond acceptors (Lipinski definition) is 4. The molecule has 1 aromatic carbocycles. The van der Waals surface area contributed by atoms with Crippen LogP contribution < -0.4 is 9.47 Å². The molecule has 0 atom stereocenters. The van der Waals surface area contributed by atoms with E-state index in [-0.39, 0.29) is 0 Å². The van der Waals surface area contributed by atoms with E-state index >= 15 is 0 Å². The molecule has 1 aromatic rings. The van der Waals surface area contributed by atoms with Crippen molar-refractivity contribution in [3.63, 3.8) is 0 Å². The minimum Gasteiger partial charge on any atom is -0.497 e. The molecule has 0 N–H and O–H groups in total. The highest BCUT2D eigenvalue weighted by atomic mass is 16.5. The van der Waals surface area contributed by atoms with Crippen molar-refractivity contribution >= 4 is 0 Å². The van der Waals surface area contributed by atoms with Gasteiger partial charge in [-0.25, -0.2) is 0 Å². The van der Waals surface area contributed by atoms with Crippen molar-refractivity contribution in [3.8, 4) is 17.6 Å². The molecular weight excluding hydrogens is 216 g/mol. The molecule has 1 rings (SSSR count). The van der Waals surface area contributed by atoms with Gasteiger partial charge in [0.25, 0.3) is 0 Å². The molecule has 0 saturated heterocycles. The highest BCUT2D eigenvalue weighted by Gasteiger charge is 1.99. The average Bonchev–Trinajstić information content (AvgIpc) is 2.37. The van der Waals surface area contributed by atoms with Gasteiger partial charge < -0.3 is 14.4 Å². The number of hydrogen-bond donors (Lipinski definition) is 0. The largest absolute Gasteiger partial charge is 0.497 e. The van der Waals surface area contributed by atoms with Gasteiger partial charge in [-0.15, -0.1) is 0 Å². The van der Waals surface area contributed by atoms with Gasteiger partial charge in [-0.3, -0.25) is 0 Å². The molecule has 17 heavy (non-hydrogen) atoms. The molecule has 0 bridgehead atoms. The summed E-state index contributed by atoms with van der Waals surface area (Å²) >= 11 is 0. The number of benzene rings is 1. The zero-order valence-corrected chi connectivity index (χ0v) is 10.3. The third kappa shape index (κ3) is 5.23. The molecular formula is C13H18N2O2. The van der Waals surface area contributed by atoms with Crippen LogP contribution in [0, 0.1) is 11.3 Å². The molecule has 0 heterocycles. The predicted octanol–water partition coefficient (Wildman–Crippen LogP) is 1.92. The summed E-state index contributed by atoms with van der Waals surface area (Å²) in [4.78, 5) is 2.08. The maximum atomic E-state index is 8.45. The van der Waals surface area contributed by atoms with Gasteiger partial charge in [0.15, 0.2) is 0 Å². The number of rotatable bonds is 7. The molecule has 0 saturated carbocycles. The lowest BCUT2D eigenvalue weighted by atomic mass is 10.3. The molecule has 4 nitrogen and oxygen atoms in total. The molecule has 92 valence electrons. The fraction of sp³-hybridized carbons (Fsp3) is 0.462. The molecule has 4 heteroatoms. The maximum Gasteiger partial charge on any atom is 0.119 e. The van der Waals surface area contributed by atoms with Crippen LogP contribution in [-0.4, -0.2) is 38.8 Å². The van der Waals surface area contributed by atoms with Gasteiger partial charge in [-0.2, -0.15) is 5.26 Å². The summed E-state index contributed by atoms with van der Waals surface area (Å²) in [6, 6.07) is 9.63. The predicted molar refractivity (Wildman–Crippen MR) is 66.2 cm³/mol. The second-order valence-electron chi connectivity index (χ2n) is 3.74. The Bertz CT molecular complexity index is 357. The van der Waals surface area contributed by atoms with E-state index in [1.165, 1.54) is 0 Å². The SMILES string of the molecule is COc1ccc(OCCN(C)CCC#N)cc1. The molecule has 0 fully saturated rings. The lowest BCUT2D eigenvalue weighted by Gasteiger charge is -2.15. The topological polar surface area (TPSA) is 45.5 Å². The van der Waals surface area contributed by atoms with Crippen LogP contribution in [0.4, 0.5) is 0 Å². The third-order valence-electron chi connectivity index (χ3n) is 2.41. The second kappa shape index (κ2) is 7.53. The van der Waals surface area contributed by atoms with Crippen molar-refractivity contribution in [2.45, 2.75) is 6.42 Å². The Morgan fingerprint density at radius 2 is 1.82 bits per heavy atom. The molecule has 0 radical (unpaired) electrons. The Labute approximate surface area is 102 Å². The monoisotopic (exact) mass is 234 g/mol. The molecule has 0 unspecified atom stereocenters. The van der Waals surface area contributed by atoms with Crippen LogP contribution in [0.25, 0.3) is 0 Å². The minimum absolute atomic E-state index is 0.555. The molecule has 0 spiro atoms. The first kappa shape index (κ1) is 13.3. The normalized spacial score (nSPS) is 10.0. The van der Waals surface area contributed by atoms with Gasteiger partial charge in [-0.1, -0.05) is 0 Å². The number of nitrogens with zero attached hydrogens (tertiary/aromatic N) is 2. The van der Waals surface area contributed by atoms with E-state index < -0.39 is 0 Å². The highest BCUT2D eigenvalue weighted by Crippen LogP contribution is 2.16. The van der Waals surface area contributed by atoms with E-state index in [2.05, 4.69) is 11.0 Å². The van der Waals surface area contributed by atoms with Gasteiger partial charge in [0, 0.05) is 19.5 Å². The third-order valence-corrected chi connectivity index (χ3v) is 2.41. The smallest absolute Gasteiger partial charge is 0.119 e. The van der Waals surface area contributed by atoms with Crippen LogP contribution in [-0.2, 0) is 0 Å². The maximum absolute atomic E-state index is 8.45. The van der Waals surface area contributed by atoms with E-state index in [9.17, 15) is 0 Å². The van der Waals surface area contributed by atoms with E-state index in [1.807, 2.05) is 31.3 Å². The van der Waals surface area contributed by atoms with Crippen LogP contribution >= 0.6 is 0 Å². The summed E-state index contributed by atoms with van der Waals surface area (Å²) in [5.41, 5.74) is 0. The quantitative estimate of drug-likeness (QED) is 0.723. The molecule has 0 aliphatic carbocycles. The van der Waals surface area contributed by atoms with Crippen molar-refractivity contribution in [3.05, 3.63) is 24.3 Å². The van der Waals surface area contributed by atoms with Gasteiger partial charge in [0.2, 0.25) is 0 Å². The summed E-state index contributed by atoms with van der Waals surface area (Å²) in [6.45, 7) is 2.21. The van der Waals surface area contributed by atoms with Gasteiger partial charge >= 0.3 is 0 Å².